The number of rotatable bonds is 4. The zero-order chi connectivity index (χ0) is 15.5. The fraction of sp³-hybridized carbons (Fsp3) is 0.167. The van der Waals surface area contributed by atoms with E-state index in [-0.39, 0.29) is 11.6 Å². The number of H-pyrrole nitrogens is 1. The van der Waals surface area contributed by atoms with E-state index >= 15 is 0 Å². The van der Waals surface area contributed by atoms with Crippen molar-refractivity contribution < 1.29 is 0 Å². The quantitative estimate of drug-likeness (QED) is 0.764. The lowest BCUT2D eigenvalue weighted by Gasteiger charge is -2.14. The summed E-state index contributed by atoms with van der Waals surface area (Å²) in [5, 5.41) is 5.14. The molecule has 0 saturated carbocycles. The average molecular weight is 313 g/mol. The second-order valence-electron chi connectivity index (χ2n) is 5.37. The minimum atomic E-state index is -0.0468. The summed E-state index contributed by atoms with van der Waals surface area (Å²) in [6, 6.07) is 17.6. The predicted molar refractivity (Wildman–Crippen MR) is 91.3 cm³/mol. The summed E-state index contributed by atoms with van der Waals surface area (Å²) >= 11 is 5.90. The molecule has 0 amide bonds. The van der Waals surface area contributed by atoms with Crippen LogP contribution in [0.4, 0.5) is 0 Å². The van der Waals surface area contributed by atoms with Crippen LogP contribution in [0.15, 0.2) is 59.4 Å². The van der Waals surface area contributed by atoms with Crippen LogP contribution in [0.5, 0.6) is 0 Å². The standard InChI is InChI=1S/C18H17ClN2O/c1-12(13-6-8-16(19)9-7-13)20-11-15-10-14-4-2-3-5-17(14)21-18(15)22/h2-10,12,20H,11H2,1H3,(H,21,22). The Balaban J connectivity index is 1.77. The van der Waals surface area contributed by atoms with Crippen molar-refractivity contribution in [2.24, 2.45) is 0 Å². The van der Waals surface area contributed by atoms with Gasteiger partial charge >= 0.3 is 0 Å². The Labute approximate surface area is 133 Å². The van der Waals surface area contributed by atoms with Crippen LogP contribution in [0.25, 0.3) is 10.9 Å². The second-order valence-corrected chi connectivity index (χ2v) is 5.80. The number of hydrogen-bond acceptors (Lipinski definition) is 2. The first-order chi connectivity index (χ1) is 10.6. The van der Waals surface area contributed by atoms with Gasteiger partial charge in [0.25, 0.3) is 5.56 Å². The molecule has 22 heavy (non-hydrogen) atoms. The van der Waals surface area contributed by atoms with Gasteiger partial charge in [0.2, 0.25) is 0 Å². The van der Waals surface area contributed by atoms with Gasteiger partial charge in [-0.15, -0.1) is 0 Å². The van der Waals surface area contributed by atoms with Gasteiger partial charge in [0, 0.05) is 28.7 Å². The summed E-state index contributed by atoms with van der Waals surface area (Å²) in [5.41, 5.74) is 2.69. The largest absolute Gasteiger partial charge is 0.322 e. The van der Waals surface area contributed by atoms with Gasteiger partial charge in [-0.25, -0.2) is 0 Å². The Morgan fingerprint density at radius 3 is 2.64 bits per heavy atom. The summed E-state index contributed by atoms with van der Waals surface area (Å²) < 4.78 is 0. The minimum absolute atomic E-state index is 0.0468. The number of nitrogens with one attached hydrogen (secondary N) is 2. The van der Waals surface area contributed by atoms with Crippen molar-refractivity contribution in [3.8, 4) is 0 Å². The van der Waals surface area contributed by atoms with Crippen LogP contribution >= 0.6 is 11.6 Å². The molecule has 1 unspecified atom stereocenters. The number of aromatic amines is 1. The second kappa shape index (κ2) is 6.34. The lowest BCUT2D eigenvalue weighted by atomic mass is 10.1. The fourth-order valence-electron chi connectivity index (χ4n) is 2.46. The molecule has 0 aliphatic carbocycles. The van der Waals surface area contributed by atoms with Crippen molar-refractivity contribution in [3.63, 3.8) is 0 Å². The predicted octanol–water partition coefficient (Wildman–Crippen LogP) is 4.03. The fourth-order valence-corrected chi connectivity index (χ4v) is 2.58. The monoisotopic (exact) mass is 312 g/mol. The Kier molecular flexibility index (Phi) is 4.27. The van der Waals surface area contributed by atoms with Gasteiger partial charge in [-0.05, 0) is 42.1 Å². The van der Waals surface area contributed by atoms with Crippen LogP contribution in [0.2, 0.25) is 5.02 Å². The van der Waals surface area contributed by atoms with E-state index in [0.717, 1.165) is 27.1 Å². The molecule has 1 atom stereocenters. The summed E-state index contributed by atoms with van der Waals surface area (Å²) in [6.07, 6.45) is 0. The SMILES string of the molecule is CC(NCc1cc2ccccc2[nH]c1=O)c1ccc(Cl)cc1. The smallest absolute Gasteiger partial charge is 0.252 e. The van der Waals surface area contributed by atoms with E-state index in [1.54, 1.807) is 0 Å². The maximum absolute atomic E-state index is 12.1. The highest BCUT2D eigenvalue weighted by Crippen LogP contribution is 2.16. The van der Waals surface area contributed by atoms with Gasteiger partial charge in [0.05, 0.1) is 0 Å². The number of aromatic nitrogens is 1. The third-order valence-electron chi connectivity index (χ3n) is 3.80. The first-order valence-electron chi connectivity index (χ1n) is 7.23. The van der Waals surface area contributed by atoms with Crippen LogP contribution in [0, 0.1) is 0 Å². The highest BCUT2D eigenvalue weighted by atomic mass is 35.5. The molecule has 4 heteroatoms. The molecule has 3 nitrogen and oxygen atoms in total. The summed E-state index contributed by atoms with van der Waals surface area (Å²) in [4.78, 5) is 15.0. The van der Waals surface area contributed by atoms with Crippen LogP contribution < -0.4 is 10.9 Å². The molecular formula is C18H17ClN2O. The number of hydrogen-bond donors (Lipinski definition) is 2. The number of halogens is 1. The summed E-state index contributed by atoms with van der Waals surface area (Å²) in [6.45, 7) is 2.59. The first kappa shape index (κ1) is 14.8. The zero-order valence-electron chi connectivity index (χ0n) is 12.3. The molecule has 0 bridgehead atoms. The number of pyridine rings is 1. The Morgan fingerprint density at radius 1 is 1.14 bits per heavy atom. The number of para-hydroxylation sites is 1. The van der Waals surface area contributed by atoms with E-state index in [4.69, 9.17) is 11.6 Å². The molecule has 0 aliphatic heterocycles. The van der Waals surface area contributed by atoms with E-state index in [1.165, 1.54) is 0 Å². The topological polar surface area (TPSA) is 44.9 Å². The zero-order valence-corrected chi connectivity index (χ0v) is 13.0. The molecule has 1 heterocycles. The number of fused-ring (bicyclic) bond motifs is 1. The Bertz CT molecular complexity index is 840. The molecule has 2 N–H and O–H groups in total. The summed E-state index contributed by atoms with van der Waals surface area (Å²) in [5.74, 6) is 0. The summed E-state index contributed by atoms with van der Waals surface area (Å²) in [7, 11) is 0. The molecular weight excluding hydrogens is 296 g/mol. The van der Waals surface area contributed by atoms with Crippen molar-refractivity contribution in [1.29, 1.82) is 0 Å². The maximum atomic E-state index is 12.1. The van der Waals surface area contributed by atoms with Crippen LogP contribution in [-0.2, 0) is 6.54 Å². The van der Waals surface area contributed by atoms with Gasteiger partial charge < -0.3 is 10.3 Å². The molecule has 3 rings (SSSR count). The van der Waals surface area contributed by atoms with Gasteiger partial charge in [-0.3, -0.25) is 4.79 Å². The molecule has 112 valence electrons. The number of benzene rings is 2. The van der Waals surface area contributed by atoms with E-state index in [2.05, 4.69) is 17.2 Å². The van der Waals surface area contributed by atoms with Crippen LogP contribution in [0.3, 0.4) is 0 Å². The van der Waals surface area contributed by atoms with Gasteiger partial charge in [0.15, 0.2) is 0 Å². The lowest BCUT2D eigenvalue weighted by Crippen LogP contribution is -2.23. The highest BCUT2D eigenvalue weighted by Gasteiger charge is 2.07. The van der Waals surface area contributed by atoms with E-state index in [0.29, 0.717) is 6.54 Å². The third kappa shape index (κ3) is 3.21. The molecule has 1 aromatic heterocycles. The Morgan fingerprint density at radius 2 is 1.86 bits per heavy atom. The molecule has 0 radical (unpaired) electrons. The first-order valence-corrected chi connectivity index (χ1v) is 7.61. The average Bonchev–Trinajstić information content (AvgIpc) is 2.53. The van der Waals surface area contributed by atoms with Gasteiger partial charge in [-0.1, -0.05) is 41.9 Å². The van der Waals surface area contributed by atoms with Crippen molar-refractivity contribution >= 4 is 22.5 Å². The molecule has 3 aromatic rings. The minimum Gasteiger partial charge on any atom is -0.322 e. The van der Waals surface area contributed by atoms with Crippen LogP contribution in [-0.4, -0.2) is 4.98 Å². The lowest BCUT2D eigenvalue weighted by molar-refractivity contribution is 0.572. The maximum Gasteiger partial charge on any atom is 0.252 e. The van der Waals surface area contributed by atoms with Crippen molar-refractivity contribution in [2.45, 2.75) is 19.5 Å². The molecule has 0 saturated heterocycles. The highest BCUT2D eigenvalue weighted by molar-refractivity contribution is 6.30. The normalized spacial score (nSPS) is 12.5. The molecule has 0 fully saturated rings. The van der Waals surface area contributed by atoms with E-state index in [9.17, 15) is 4.79 Å². The third-order valence-corrected chi connectivity index (χ3v) is 4.05. The molecule has 0 spiro atoms. The van der Waals surface area contributed by atoms with Gasteiger partial charge in [0.1, 0.15) is 0 Å². The van der Waals surface area contributed by atoms with Crippen molar-refractivity contribution in [2.75, 3.05) is 0 Å². The van der Waals surface area contributed by atoms with E-state index in [1.807, 2.05) is 54.6 Å². The molecule has 2 aromatic carbocycles. The van der Waals surface area contributed by atoms with Crippen molar-refractivity contribution in [3.05, 3.63) is 81.1 Å². The van der Waals surface area contributed by atoms with E-state index < -0.39 is 0 Å². The van der Waals surface area contributed by atoms with Gasteiger partial charge in [-0.2, -0.15) is 0 Å². The Hall–Kier alpha value is -2.10. The van der Waals surface area contributed by atoms with Crippen LogP contribution in [0.1, 0.15) is 24.1 Å². The molecule has 0 aliphatic rings. The van der Waals surface area contributed by atoms with Crippen molar-refractivity contribution in [1.82, 2.24) is 10.3 Å².